The minimum atomic E-state index is -4.68. The van der Waals surface area contributed by atoms with Crippen molar-refractivity contribution in [1.29, 1.82) is 0 Å². The molecule has 10 heteroatoms. The Kier molecular flexibility index (Phi) is 6.92. The molecule has 5 nitrogen and oxygen atoms in total. The minimum absolute atomic E-state index is 0.132. The van der Waals surface area contributed by atoms with Crippen molar-refractivity contribution in [3.8, 4) is 11.5 Å². The number of halogens is 5. The summed E-state index contributed by atoms with van der Waals surface area (Å²) < 4.78 is 49.6. The molecule has 0 aliphatic heterocycles. The smallest absolute Gasteiger partial charge is 0.431 e. The second-order valence-electron chi connectivity index (χ2n) is 6.29. The van der Waals surface area contributed by atoms with E-state index in [1.165, 1.54) is 19.3 Å². The molecule has 3 rings (SSSR count). The molecule has 0 unspecified atom stereocenters. The number of methoxy groups -OCH3 is 1. The Morgan fingerprint density at radius 3 is 2.52 bits per heavy atom. The van der Waals surface area contributed by atoms with Gasteiger partial charge in [-0.3, -0.25) is 0 Å². The van der Waals surface area contributed by atoms with E-state index in [1.54, 1.807) is 41.4 Å². The lowest BCUT2D eigenvalue weighted by molar-refractivity contribution is -0.141. The molecule has 0 bridgehead atoms. The Balaban J connectivity index is 1.78. The Labute approximate surface area is 185 Å². The van der Waals surface area contributed by atoms with E-state index < -0.39 is 17.6 Å². The van der Waals surface area contributed by atoms with Crippen LogP contribution >= 0.6 is 23.2 Å². The first-order chi connectivity index (χ1) is 14.7. The first-order valence-corrected chi connectivity index (χ1v) is 9.53. The third kappa shape index (κ3) is 6.02. The quantitative estimate of drug-likeness (QED) is 0.490. The molecule has 31 heavy (non-hydrogen) atoms. The van der Waals surface area contributed by atoms with Gasteiger partial charge in [0, 0.05) is 15.6 Å². The van der Waals surface area contributed by atoms with E-state index in [-0.39, 0.29) is 12.3 Å². The van der Waals surface area contributed by atoms with E-state index in [0.29, 0.717) is 27.1 Å². The zero-order valence-corrected chi connectivity index (χ0v) is 17.5. The van der Waals surface area contributed by atoms with Crippen LogP contribution in [0.4, 0.5) is 13.2 Å². The maximum Gasteiger partial charge on any atom is 0.431 e. The Hall–Kier alpha value is -2.97. The molecule has 0 fully saturated rings. The summed E-state index contributed by atoms with van der Waals surface area (Å²) in [5.74, 6) is 0.849. The number of hydrogen-bond acceptors (Lipinski definition) is 4. The lowest BCUT2D eigenvalue weighted by Crippen LogP contribution is -2.19. The van der Waals surface area contributed by atoms with E-state index in [2.05, 4.69) is 4.98 Å². The van der Waals surface area contributed by atoms with Gasteiger partial charge < -0.3 is 14.5 Å². The maximum absolute atomic E-state index is 12.8. The van der Waals surface area contributed by atoms with E-state index in [4.69, 9.17) is 32.7 Å². The average Bonchev–Trinajstić information content (AvgIpc) is 2.71. The standard InChI is InChI=1S/C21H15Cl2F3N2O3/c1-30-18-8-12(2-6-15-10-19(21(24,25)26)28-20(29)27-15)3-7-17(18)31-11-13-4-5-14(22)9-16(13)23/h2-10H,11H2,1H3,(H,27,28,29)/b6-2-. The summed E-state index contributed by atoms with van der Waals surface area (Å²) in [6.07, 6.45) is -1.88. The number of alkyl halides is 3. The van der Waals surface area contributed by atoms with Gasteiger partial charge >= 0.3 is 11.9 Å². The van der Waals surface area contributed by atoms with Crippen molar-refractivity contribution < 1.29 is 22.6 Å². The van der Waals surface area contributed by atoms with Crippen LogP contribution in [-0.4, -0.2) is 17.1 Å². The van der Waals surface area contributed by atoms with Gasteiger partial charge in [-0.05, 0) is 42.0 Å². The summed E-state index contributed by atoms with van der Waals surface area (Å²) >= 11 is 12.0. The van der Waals surface area contributed by atoms with Crippen molar-refractivity contribution >= 4 is 35.4 Å². The molecule has 1 N–H and O–H groups in total. The molecule has 2 aromatic carbocycles. The molecule has 162 valence electrons. The molecule has 0 radical (unpaired) electrons. The van der Waals surface area contributed by atoms with Gasteiger partial charge in [0.15, 0.2) is 11.5 Å². The molecule has 1 heterocycles. The number of ether oxygens (including phenoxy) is 2. The number of hydrogen-bond donors (Lipinski definition) is 1. The lowest BCUT2D eigenvalue weighted by Gasteiger charge is -2.12. The van der Waals surface area contributed by atoms with Gasteiger partial charge in [0.25, 0.3) is 0 Å². The second kappa shape index (κ2) is 9.45. The highest BCUT2D eigenvalue weighted by Gasteiger charge is 2.32. The number of nitrogens with zero attached hydrogens (tertiary/aromatic N) is 1. The summed E-state index contributed by atoms with van der Waals surface area (Å²) in [6.45, 7) is 0.179. The predicted molar refractivity (Wildman–Crippen MR) is 113 cm³/mol. The molecule has 1 aromatic heterocycles. The zero-order valence-electron chi connectivity index (χ0n) is 16.0. The van der Waals surface area contributed by atoms with Crippen LogP contribution in [0.2, 0.25) is 10.0 Å². The molecule has 0 saturated heterocycles. The summed E-state index contributed by atoms with van der Waals surface area (Å²) in [5.41, 5.74) is -1.05. The molecular formula is C21H15Cl2F3N2O3. The van der Waals surface area contributed by atoms with Crippen LogP contribution in [0.3, 0.4) is 0 Å². The molecule has 0 aliphatic rings. The highest BCUT2D eigenvalue weighted by Crippen LogP contribution is 2.31. The number of aromatic amines is 1. The normalized spacial score (nSPS) is 11.7. The zero-order chi connectivity index (χ0) is 22.6. The van der Waals surface area contributed by atoms with Crippen LogP contribution < -0.4 is 15.2 Å². The van der Waals surface area contributed by atoms with Crippen molar-refractivity contribution in [3.63, 3.8) is 0 Å². The molecule has 3 aromatic rings. The van der Waals surface area contributed by atoms with E-state index in [1.807, 2.05) is 0 Å². The highest BCUT2D eigenvalue weighted by molar-refractivity contribution is 6.35. The van der Waals surface area contributed by atoms with Crippen LogP contribution in [0.5, 0.6) is 11.5 Å². The first kappa shape index (κ1) is 22.7. The first-order valence-electron chi connectivity index (χ1n) is 8.77. The summed E-state index contributed by atoms with van der Waals surface area (Å²) in [6, 6.07) is 10.8. The molecule has 0 saturated carbocycles. The average molecular weight is 471 g/mol. The molecule has 0 atom stereocenters. The fourth-order valence-corrected chi connectivity index (χ4v) is 3.06. The van der Waals surface area contributed by atoms with Gasteiger partial charge in [0.1, 0.15) is 12.3 Å². The number of aromatic nitrogens is 2. The van der Waals surface area contributed by atoms with Crippen LogP contribution in [-0.2, 0) is 12.8 Å². The predicted octanol–water partition coefficient (Wildman–Crippen LogP) is 5.85. The highest BCUT2D eigenvalue weighted by atomic mass is 35.5. The van der Waals surface area contributed by atoms with Gasteiger partial charge in [-0.25, -0.2) is 4.79 Å². The second-order valence-corrected chi connectivity index (χ2v) is 7.13. The third-order valence-corrected chi connectivity index (χ3v) is 4.69. The van der Waals surface area contributed by atoms with Gasteiger partial charge in [0.2, 0.25) is 0 Å². The van der Waals surface area contributed by atoms with Gasteiger partial charge in [-0.15, -0.1) is 0 Å². The van der Waals surface area contributed by atoms with Gasteiger partial charge in [-0.2, -0.15) is 18.2 Å². The largest absolute Gasteiger partial charge is 0.493 e. The third-order valence-electron chi connectivity index (χ3n) is 4.10. The van der Waals surface area contributed by atoms with Gasteiger partial charge in [-0.1, -0.05) is 41.4 Å². The van der Waals surface area contributed by atoms with Crippen molar-refractivity contribution in [2.75, 3.05) is 7.11 Å². The number of benzene rings is 2. The van der Waals surface area contributed by atoms with E-state index >= 15 is 0 Å². The Morgan fingerprint density at radius 2 is 1.84 bits per heavy atom. The Bertz CT molecular complexity index is 1180. The molecular weight excluding hydrogens is 456 g/mol. The number of rotatable bonds is 6. The van der Waals surface area contributed by atoms with Crippen molar-refractivity contribution in [3.05, 3.63) is 85.5 Å². The van der Waals surface area contributed by atoms with Gasteiger partial charge in [0.05, 0.1) is 12.8 Å². The van der Waals surface area contributed by atoms with Crippen LogP contribution in [0.15, 0.2) is 47.3 Å². The fraction of sp³-hybridized carbons (Fsp3) is 0.143. The topological polar surface area (TPSA) is 64.2 Å². The monoisotopic (exact) mass is 470 g/mol. The van der Waals surface area contributed by atoms with Crippen LogP contribution in [0.1, 0.15) is 22.5 Å². The molecule has 0 amide bonds. The summed E-state index contributed by atoms with van der Waals surface area (Å²) in [7, 11) is 1.46. The molecule has 0 spiro atoms. The van der Waals surface area contributed by atoms with Crippen molar-refractivity contribution in [1.82, 2.24) is 9.97 Å². The minimum Gasteiger partial charge on any atom is -0.493 e. The van der Waals surface area contributed by atoms with E-state index in [0.717, 1.165) is 11.6 Å². The SMILES string of the molecule is COc1cc(/C=C\c2cc(C(F)(F)F)[nH]c(=O)n2)ccc1OCc1ccc(Cl)cc1Cl. The summed E-state index contributed by atoms with van der Waals surface area (Å²) in [4.78, 5) is 16.6. The summed E-state index contributed by atoms with van der Waals surface area (Å²) in [5, 5.41) is 0.981. The Morgan fingerprint density at radius 1 is 1.06 bits per heavy atom. The number of nitrogens with one attached hydrogen (secondary N) is 1. The lowest BCUT2D eigenvalue weighted by atomic mass is 10.1. The maximum atomic E-state index is 12.8. The van der Waals surface area contributed by atoms with Crippen LogP contribution in [0.25, 0.3) is 12.2 Å². The molecule has 0 aliphatic carbocycles. The van der Waals surface area contributed by atoms with Crippen molar-refractivity contribution in [2.24, 2.45) is 0 Å². The van der Waals surface area contributed by atoms with E-state index in [9.17, 15) is 18.0 Å². The van der Waals surface area contributed by atoms with Crippen LogP contribution in [0, 0.1) is 0 Å². The van der Waals surface area contributed by atoms with Crippen molar-refractivity contribution in [2.45, 2.75) is 12.8 Å². The number of H-pyrrole nitrogens is 1. The fourth-order valence-electron chi connectivity index (χ4n) is 2.60.